The van der Waals surface area contributed by atoms with Crippen LogP contribution in [0.2, 0.25) is 0 Å². The van der Waals surface area contributed by atoms with Gasteiger partial charge in [0.15, 0.2) is 0 Å². The van der Waals surface area contributed by atoms with Crippen molar-refractivity contribution < 1.29 is 13.2 Å². The molecule has 1 aromatic carbocycles. The summed E-state index contributed by atoms with van der Waals surface area (Å²) in [6.45, 7) is 0.178. The highest BCUT2D eigenvalue weighted by molar-refractivity contribution is 7.89. The summed E-state index contributed by atoms with van der Waals surface area (Å²) in [6, 6.07) is 8.01. The van der Waals surface area contributed by atoms with Gasteiger partial charge in [-0.25, -0.2) is 8.42 Å². The molecular formula is C14H22ClN3O3S. The third-order valence-corrected chi connectivity index (χ3v) is 5.40. The lowest BCUT2D eigenvalue weighted by Crippen LogP contribution is -2.43. The van der Waals surface area contributed by atoms with Gasteiger partial charge < -0.3 is 11.1 Å². The van der Waals surface area contributed by atoms with Crippen molar-refractivity contribution in [2.45, 2.75) is 23.8 Å². The lowest BCUT2D eigenvalue weighted by Gasteiger charge is -2.18. The van der Waals surface area contributed by atoms with Crippen LogP contribution in [-0.2, 0) is 14.8 Å². The highest BCUT2D eigenvalue weighted by atomic mass is 35.5. The van der Waals surface area contributed by atoms with E-state index in [1.807, 2.05) is 0 Å². The highest BCUT2D eigenvalue weighted by Gasteiger charge is 2.29. The third kappa shape index (κ3) is 4.95. The first-order valence-corrected chi connectivity index (χ1v) is 8.39. The molecule has 1 aliphatic carbocycles. The van der Waals surface area contributed by atoms with Crippen LogP contribution in [0.5, 0.6) is 0 Å². The van der Waals surface area contributed by atoms with Crippen molar-refractivity contribution >= 4 is 28.3 Å². The Bertz CT molecular complexity index is 591. The van der Waals surface area contributed by atoms with Gasteiger partial charge in [0.05, 0.1) is 11.4 Å². The molecule has 1 fully saturated rings. The van der Waals surface area contributed by atoms with E-state index in [0.29, 0.717) is 12.5 Å². The molecule has 2 rings (SSSR count). The van der Waals surface area contributed by atoms with E-state index in [9.17, 15) is 13.2 Å². The van der Waals surface area contributed by atoms with Crippen molar-refractivity contribution in [2.24, 2.45) is 11.7 Å². The molecule has 0 aromatic heterocycles. The Hall–Kier alpha value is -1.15. The third-order valence-electron chi connectivity index (χ3n) is 3.58. The van der Waals surface area contributed by atoms with Crippen LogP contribution >= 0.6 is 12.4 Å². The molecule has 3 N–H and O–H groups in total. The molecule has 1 aliphatic rings. The van der Waals surface area contributed by atoms with Crippen molar-refractivity contribution in [3.63, 3.8) is 0 Å². The molecule has 1 unspecified atom stereocenters. The number of carbonyl (C=O) groups is 1. The molecule has 1 atom stereocenters. The summed E-state index contributed by atoms with van der Waals surface area (Å²) in [5.41, 5.74) is 5.89. The average molecular weight is 348 g/mol. The van der Waals surface area contributed by atoms with Crippen LogP contribution in [0.4, 0.5) is 0 Å². The molecule has 0 heterocycles. The largest absolute Gasteiger partial charge is 0.353 e. The molecule has 0 radical (unpaired) electrons. The molecule has 0 spiro atoms. The van der Waals surface area contributed by atoms with Crippen molar-refractivity contribution in [3.8, 4) is 0 Å². The highest BCUT2D eigenvalue weighted by Crippen LogP contribution is 2.31. The van der Waals surface area contributed by atoms with Crippen LogP contribution in [0.3, 0.4) is 0 Å². The summed E-state index contributed by atoms with van der Waals surface area (Å²) in [5, 5.41) is 2.69. The van der Waals surface area contributed by atoms with E-state index in [-0.39, 0.29) is 35.8 Å². The van der Waals surface area contributed by atoms with E-state index in [4.69, 9.17) is 5.73 Å². The second-order valence-corrected chi connectivity index (χ2v) is 7.42. The maximum atomic E-state index is 12.2. The number of nitrogens with two attached hydrogens (primary N) is 1. The number of carbonyl (C=O) groups excluding carboxylic acids is 1. The first kappa shape index (κ1) is 18.9. The van der Waals surface area contributed by atoms with Gasteiger partial charge in [0.25, 0.3) is 0 Å². The SMILES string of the molecule is CN(CC(=O)NCC(N)C1CC1)S(=O)(=O)c1ccccc1.Cl. The van der Waals surface area contributed by atoms with Crippen LogP contribution in [0.1, 0.15) is 12.8 Å². The molecule has 0 aliphatic heterocycles. The number of hydrogen-bond donors (Lipinski definition) is 2. The Balaban J connectivity index is 0.00000242. The summed E-state index contributed by atoms with van der Waals surface area (Å²) in [5.74, 6) is 0.157. The number of rotatable bonds is 7. The van der Waals surface area contributed by atoms with Crippen molar-refractivity contribution in [1.82, 2.24) is 9.62 Å². The normalized spacial score (nSPS) is 16.0. The molecule has 0 bridgehead atoms. The Morgan fingerprint density at radius 3 is 2.50 bits per heavy atom. The van der Waals surface area contributed by atoms with Gasteiger partial charge in [0, 0.05) is 19.6 Å². The maximum absolute atomic E-state index is 12.2. The summed E-state index contributed by atoms with van der Waals surface area (Å²) >= 11 is 0. The quantitative estimate of drug-likeness (QED) is 0.754. The summed E-state index contributed by atoms with van der Waals surface area (Å²) in [6.07, 6.45) is 2.22. The number of benzene rings is 1. The lowest BCUT2D eigenvalue weighted by atomic mass is 10.2. The second-order valence-electron chi connectivity index (χ2n) is 5.38. The van der Waals surface area contributed by atoms with E-state index in [1.165, 1.54) is 19.2 Å². The molecular weight excluding hydrogens is 326 g/mol. The minimum atomic E-state index is -3.64. The zero-order valence-electron chi connectivity index (χ0n) is 12.4. The predicted molar refractivity (Wildman–Crippen MR) is 87.2 cm³/mol. The molecule has 6 nitrogen and oxygen atoms in total. The fraction of sp³-hybridized carbons (Fsp3) is 0.500. The van der Waals surface area contributed by atoms with Gasteiger partial charge in [-0.1, -0.05) is 18.2 Å². The topological polar surface area (TPSA) is 92.5 Å². The van der Waals surface area contributed by atoms with Gasteiger partial charge in [-0.3, -0.25) is 4.79 Å². The summed E-state index contributed by atoms with van der Waals surface area (Å²) in [7, 11) is -2.24. The Morgan fingerprint density at radius 1 is 1.36 bits per heavy atom. The molecule has 22 heavy (non-hydrogen) atoms. The van der Waals surface area contributed by atoms with Crippen molar-refractivity contribution in [2.75, 3.05) is 20.1 Å². The predicted octanol–water partition coefficient (Wildman–Crippen LogP) is 0.582. The number of likely N-dealkylation sites (N-methyl/N-ethyl adjacent to an activating group) is 1. The van der Waals surface area contributed by atoms with Crippen LogP contribution in [0.25, 0.3) is 0 Å². The van der Waals surface area contributed by atoms with Crippen molar-refractivity contribution in [3.05, 3.63) is 30.3 Å². The minimum Gasteiger partial charge on any atom is -0.353 e. The van der Waals surface area contributed by atoms with Gasteiger partial charge in [-0.05, 0) is 30.9 Å². The zero-order valence-corrected chi connectivity index (χ0v) is 14.1. The Kier molecular flexibility index (Phi) is 6.80. The van der Waals surface area contributed by atoms with Crippen LogP contribution in [0, 0.1) is 5.92 Å². The molecule has 1 amide bonds. The summed E-state index contributed by atoms with van der Waals surface area (Å²) in [4.78, 5) is 12.0. The number of nitrogens with zero attached hydrogens (tertiary/aromatic N) is 1. The molecule has 1 saturated carbocycles. The number of halogens is 1. The van der Waals surface area contributed by atoms with E-state index in [0.717, 1.165) is 17.1 Å². The van der Waals surface area contributed by atoms with Gasteiger partial charge >= 0.3 is 0 Å². The number of hydrogen-bond acceptors (Lipinski definition) is 4. The number of amides is 1. The zero-order chi connectivity index (χ0) is 15.5. The summed E-state index contributed by atoms with van der Waals surface area (Å²) < 4.78 is 25.5. The maximum Gasteiger partial charge on any atom is 0.243 e. The van der Waals surface area contributed by atoms with Gasteiger partial charge in [-0.2, -0.15) is 4.31 Å². The van der Waals surface area contributed by atoms with Crippen molar-refractivity contribution in [1.29, 1.82) is 0 Å². The van der Waals surface area contributed by atoms with Gasteiger partial charge in [-0.15, -0.1) is 12.4 Å². The molecule has 0 saturated heterocycles. The van der Waals surface area contributed by atoms with Gasteiger partial charge in [0.2, 0.25) is 15.9 Å². The van der Waals surface area contributed by atoms with E-state index < -0.39 is 10.0 Å². The fourth-order valence-electron chi connectivity index (χ4n) is 2.04. The van der Waals surface area contributed by atoms with E-state index >= 15 is 0 Å². The van der Waals surface area contributed by atoms with E-state index in [1.54, 1.807) is 18.2 Å². The van der Waals surface area contributed by atoms with Crippen LogP contribution in [-0.4, -0.2) is 44.8 Å². The van der Waals surface area contributed by atoms with Gasteiger partial charge in [0.1, 0.15) is 0 Å². The first-order chi connectivity index (χ1) is 9.91. The Morgan fingerprint density at radius 2 is 1.95 bits per heavy atom. The molecule has 1 aromatic rings. The monoisotopic (exact) mass is 347 g/mol. The molecule has 8 heteroatoms. The average Bonchev–Trinajstić information content (AvgIpc) is 3.30. The standard InChI is InChI=1S/C14H21N3O3S.ClH/c1-17(21(19,20)12-5-3-2-4-6-12)10-14(18)16-9-13(15)11-7-8-11;/h2-6,11,13H,7-10,15H2,1H3,(H,16,18);1H. The Labute approximate surface area is 137 Å². The number of nitrogens with one attached hydrogen (secondary N) is 1. The fourth-order valence-corrected chi connectivity index (χ4v) is 3.19. The van der Waals surface area contributed by atoms with Crippen LogP contribution in [0.15, 0.2) is 35.2 Å². The number of sulfonamides is 1. The first-order valence-electron chi connectivity index (χ1n) is 6.95. The van der Waals surface area contributed by atoms with Crippen LogP contribution < -0.4 is 11.1 Å². The lowest BCUT2D eigenvalue weighted by molar-refractivity contribution is -0.121. The van der Waals surface area contributed by atoms with E-state index in [2.05, 4.69) is 5.32 Å². The minimum absolute atomic E-state index is 0. The molecule has 124 valence electrons. The smallest absolute Gasteiger partial charge is 0.243 e. The second kappa shape index (κ2) is 7.92.